The Hall–Kier alpha value is 2.32. The summed E-state index contributed by atoms with van der Waals surface area (Å²) in [5.41, 5.74) is 0. The van der Waals surface area contributed by atoms with Crippen molar-refractivity contribution in [2.45, 2.75) is 0 Å². The summed E-state index contributed by atoms with van der Waals surface area (Å²) in [6.45, 7) is 2.33. The Balaban J connectivity index is -0.0000000200. The van der Waals surface area contributed by atoms with E-state index in [0.717, 1.165) is 0 Å². The van der Waals surface area contributed by atoms with Gasteiger partial charge in [0.15, 0.2) is 14.4 Å². The molecule has 0 rings (SSSR count). The minimum Gasteiger partial charge on any atom is 0 e. The fraction of sp³-hybridized carbons (Fsp3) is 0. The summed E-state index contributed by atoms with van der Waals surface area (Å²) < 4.78 is 0. The molecule has 0 heterocycles. The van der Waals surface area contributed by atoms with Crippen LogP contribution in [0.25, 0.3) is 0 Å². The van der Waals surface area contributed by atoms with Gasteiger partial charge in [0, 0.05) is 26.1 Å². The molecule has 0 nitrogen and oxygen atoms in total. The van der Waals surface area contributed by atoms with Crippen molar-refractivity contribution in [3.05, 3.63) is 0 Å². The fourth-order valence-corrected chi connectivity index (χ4v) is 0. The van der Waals surface area contributed by atoms with Crippen molar-refractivity contribution in [2.24, 2.45) is 0 Å². The van der Waals surface area contributed by atoms with Gasteiger partial charge in [-0.2, -0.15) is 0 Å². The second-order valence-corrected chi connectivity index (χ2v) is 6.36. The van der Waals surface area contributed by atoms with Crippen molar-refractivity contribution in [1.82, 2.24) is 0 Å². The summed E-state index contributed by atoms with van der Waals surface area (Å²) in [6.07, 6.45) is 0. The molecule has 0 radical (unpaired) electrons. The Labute approximate surface area is 74.5 Å². The standard InChI is InChI=1S/Al.BH2.Bi.H3Si.Zn.4H/h;1H2;;1H3;;;;;/q-1;+1;;;;;;;. The molecule has 0 fully saturated rings. The SMILES string of the molecule is [BH2][AlH][SiH3].[BiH3].[Zn]. The average Bonchev–Trinajstić information content (AvgIpc) is 0.918. The zero-order chi connectivity index (χ0) is 2.71. The van der Waals surface area contributed by atoms with Crippen LogP contribution < -0.4 is 0 Å². The molecule has 0 amide bonds. The molecule has 0 aliphatic carbocycles. The zero-order valence-corrected chi connectivity index (χ0v) is 16.0. The molecule has 0 saturated heterocycles. The van der Waals surface area contributed by atoms with E-state index in [2.05, 4.69) is 6.62 Å². The molecule has 0 aliphatic rings. The molecule has 26 valence electrons. The van der Waals surface area contributed by atoms with Gasteiger partial charge in [-0.3, -0.25) is 0 Å². The largest absolute Gasteiger partial charge is 0 e. The Kier molecular flexibility index (Phi) is 50.8. The van der Waals surface area contributed by atoms with Crippen LogP contribution in [0.2, 0.25) is 0 Å². The van der Waals surface area contributed by atoms with Crippen molar-refractivity contribution in [1.29, 1.82) is 0 Å². The summed E-state index contributed by atoms with van der Waals surface area (Å²) in [7, 11) is 1.51. The monoisotopic (exact) mass is 348 g/mol. The van der Waals surface area contributed by atoms with Crippen LogP contribution in [0.1, 0.15) is 0 Å². The van der Waals surface area contributed by atoms with Crippen LogP contribution in [0.3, 0.4) is 0 Å². The van der Waals surface area contributed by atoms with Crippen LogP contribution in [0.15, 0.2) is 0 Å². The maximum Gasteiger partial charge on any atom is 0 e. The van der Waals surface area contributed by atoms with Crippen LogP contribution in [0.4, 0.5) is 0 Å². The molecule has 0 aliphatic heterocycles. The Morgan fingerprint density at radius 3 is 1.60 bits per heavy atom. The van der Waals surface area contributed by atoms with Gasteiger partial charge < -0.3 is 0 Å². The van der Waals surface area contributed by atoms with Gasteiger partial charge in [0.25, 0.3) is 0 Å². The first-order valence-corrected chi connectivity index (χ1v) is 8.49. The van der Waals surface area contributed by atoms with Crippen LogP contribution >= 0.6 is 0 Å². The molecule has 0 atom stereocenters. The minimum absolute atomic E-state index is 0. The summed E-state index contributed by atoms with van der Waals surface area (Å²) in [5.74, 6) is 0. The van der Waals surface area contributed by atoms with Gasteiger partial charge >= 0.3 is 26.2 Å². The summed E-state index contributed by atoms with van der Waals surface area (Å²) in [5, 5.41) is 0. The van der Waals surface area contributed by atoms with E-state index in [1.165, 1.54) is 8.80 Å². The molecule has 0 spiro atoms. The fourth-order valence-electron chi connectivity index (χ4n) is 0. The zero-order valence-electron chi connectivity index (χ0n) is 4.12. The van der Waals surface area contributed by atoms with E-state index in [1.54, 1.807) is 0 Å². The predicted molar refractivity (Wildman–Crippen MR) is 35.6 cm³/mol. The Morgan fingerprint density at radius 1 is 1.60 bits per heavy atom. The molecule has 0 aromatic carbocycles. The first-order valence-electron chi connectivity index (χ1n) is 1.41. The molecule has 0 N–H and O–H groups in total. The van der Waals surface area contributed by atoms with Crippen molar-refractivity contribution in [3.8, 4) is 0 Å². The summed E-state index contributed by atoms with van der Waals surface area (Å²) >= 11 is 0.556. The third kappa shape index (κ3) is 21.9. The molecule has 0 saturated carbocycles. The van der Waals surface area contributed by atoms with Crippen LogP contribution in [0.5, 0.6) is 0 Å². The molecule has 0 unspecified atom stereocenters. The summed E-state index contributed by atoms with van der Waals surface area (Å²) in [6, 6.07) is 0. The molecular formula is H9AlBBiSiZn. The van der Waals surface area contributed by atoms with Crippen LogP contribution in [-0.4, -0.2) is 56.0 Å². The number of hydrogen-bond donors (Lipinski definition) is 0. The molecule has 5 heavy (non-hydrogen) atoms. The maximum absolute atomic E-state index is 2.33. The third-order valence-electron chi connectivity index (χ3n) is 0. The molecular weight excluding hydrogens is 340 g/mol. The van der Waals surface area contributed by atoms with Gasteiger partial charge in [0.1, 0.15) is 0 Å². The topological polar surface area (TPSA) is 0 Å². The van der Waals surface area contributed by atoms with Gasteiger partial charge in [-0.25, -0.2) is 0 Å². The first kappa shape index (κ1) is 15.7. The summed E-state index contributed by atoms with van der Waals surface area (Å²) in [4.78, 5) is 0. The smallest absolute Gasteiger partial charge is 0 e. The van der Waals surface area contributed by atoms with Gasteiger partial charge in [-0.1, -0.05) is 8.80 Å². The normalized spacial score (nSPS) is 3.20. The van der Waals surface area contributed by atoms with Crippen molar-refractivity contribution < 1.29 is 19.5 Å². The number of rotatable bonds is 0. The maximum atomic E-state index is 2.33. The van der Waals surface area contributed by atoms with E-state index in [9.17, 15) is 0 Å². The van der Waals surface area contributed by atoms with E-state index in [0.29, 0.717) is 14.4 Å². The van der Waals surface area contributed by atoms with Crippen molar-refractivity contribution in [3.63, 3.8) is 0 Å². The van der Waals surface area contributed by atoms with Crippen LogP contribution in [0, 0.1) is 0 Å². The van der Waals surface area contributed by atoms with Gasteiger partial charge in [0.2, 0.25) is 0 Å². The van der Waals surface area contributed by atoms with Crippen molar-refractivity contribution in [2.75, 3.05) is 0 Å². The predicted octanol–water partition coefficient (Wildman–Crippen LogP) is -3.94. The van der Waals surface area contributed by atoms with E-state index >= 15 is 0 Å². The third-order valence-corrected chi connectivity index (χ3v) is 0. The van der Waals surface area contributed by atoms with E-state index in [-0.39, 0.29) is 45.7 Å². The molecule has 0 bridgehead atoms. The van der Waals surface area contributed by atoms with E-state index < -0.39 is 0 Å². The first-order chi connectivity index (χ1) is 1.41. The van der Waals surface area contributed by atoms with E-state index in [4.69, 9.17) is 0 Å². The second-order valence-electron chi connectivity index (χ2n) is 0.707. The number of hydrogen-bond acceptors (Lipinski definition) is 0. The second kappa shape index (κ2) is 16.2. The van der Waals surface area contributed by atoms with Crippen molar-refractivity contribution >= 4 is 56.0 Å². The van der Waals surface area contributed by atoms with Crippen LogP contribution in [-0.2, 0) is 19.5 Å². The Bertz CT molecular complexity index is 11.6. The minimum atomic E-state index is 0. The van der Waals surface area contributed by atoms with E-state index in [1.807, 2.05) is 0 Å². The average molecular weight is 349 g/mol. The quantitative estimate of drug-likeness (QED) is 0.392. The molecule has 5 heteroatoms. The molecule has 0 aromatic heterocycles. The molecule has 0 aromatic rings. The van der Waals surface area contributed by atoms with Gasteiger partial charge in [-0.15, -0.1) is 0 Å². The van der Waals surface area contributed by atoms with Gasteiger partial charge in [-0.05, 0) is 0 Å². The van der Waals surface area contributed by atoms with Gasteiger partial charge in [0.05, 0.1) is 0 Å². The Morgan fingerprint density at radius 2 is 1.60 bits per heavy atom.